The van der Waals surface area contributed by atoms with Gasteiger partial charge in [0.1, 0.15) is 5.82 Å². The number of nitrogens with two attached hydrogens (primary N) is 1. The predicted octanol–water partition coefficient (Wildman–Crippen LogP) is 2.37. The molecule has 2 N–H and O–H groups in total. The number of hydrogen-bond acceptors (Lipinski definition) is 4. The van der Waals surface area contributed by atoms with Gasteiger partial charge in [-0.05, 0) is 18.9 Å². The minimum absolute atomic E-state index is 0. The predicted molar refractivity (Wildman–Crippen MR) is 93.7 cm³/mol. The highest BCUT2D eigenvalue weighted by Gasteiger charge is 2.48. The maximum atomic E-state index is 12.2. The number of carbonyl (C=O) groups excluding carboxylic acids is 1. The number of nitrogens with zero attached hydrogens (tertiary/aromatic N) is 3. The Morgan fingerprint density at radius 1 is 1.18 bits per heavy atom. The van der Waals surface area contributed by atoms with Crippen molar-refractivity contribution in [2.75, 3.05) is 31.1 Å². The van der Waals surface area contributed by atoms with Crippen molar-refractivity contribution in [3.8, 4) is 0 Å². The summed E-state index contributed by atoms with van der Waals surface area (Å²) in [6, 6.07) is 1.68. The van der Waals surface area contributed by atoms with Crippen molar-refractivity contribution in [3.63, 3.8) is 0 Å². The van der Waals surface area contributed by atoms with Crippen LogP contribution >= 0.6 is 48.0 Å². The van der Waals surface area contributed by atoms with Gasteiger partial charge in [-0.1, -0.05) is 23.2 Å². The second-order valence-corrected chi connectivity index (χ2v) is 6.24. The molecular weight excluding hydrogens is 370 g/mol. The lowest BCUT2D eigenvalue weighted by atomic mass is 10.2. The second-order valence-electron chi connectivity index (χ2n) is 5.39. The van der Waals surface area contributed by atoms with E-state index in [-0.39, 0.29) is 30.7 Å². The summed E-state index contributed by atoms with van der Waals surface area (Å²) in [5, 5.41) is 1.06. The third-order valence-corrected chi connectivity index (χ3v) is 4.35. The molecular formula is C13H18Cl4N4O. The highest BCUT2D eigenvalue weighted by atomic mass is 35.5. The summed E-state index contributed by atoms with van der Waals surface area (Å²) < 4.78 is 0. The molecule has 1 aromatic rings. The van der Waals surface area contributed by atoms with Crippen LogP contribution in [-0.2, 0) is 4.79 Å². The topological polar surface area (TPSA) is 62.5 Å². The first kappa shape index (κ1) is 19.6. The van der Waals surface area contributed by atoms with Gasteiger partial charge in [-0.3, -0.25) is 4.79 Å². The van der Waals surface area contributed by atoms with Crippen molar-refractivity contribution in [2.24, 2.45) is 5.73 Å². The number of piperazine rings is 1. The van der Waals surface area contributed by atoms with E-state index in [1.165, 1.54) is 0 Å². The molecule has 0 bridgehead atoms. The quantitative estimate of drug-likeness (QED) is 0.846. The SMILES string of the molecule is Cl.Cl.NC1(C(=O)N2CCN(c3ncc(Cl)cc3Cl)CC2)CC1. The Morgan fingerprint density at radius 3 is 2.27 bits per heavy atom. The van der Waals surface area contributed by atoms with Crippen LogP contribution in [0.5, 0.6) is 0 Å². The van der Waals surface area contributed by atoms with E-state index < -0.39 is 5.54 Å². The molecule has 3 rings (SSSR count). The Morgan fingerprint density at radius 2 is 1.77 bits per heavy atom. The summed E-state index contributed by atoms with van der Waals surface area (Å²) in [4.78, 5) is 20.3. The Kier molecular flexibility index (Phi) is 6.59. The normalized spacial score (nSPS) is 19.0. The van der Waals surface area contributed by atoms with Gasteiger partial charge in [0, 0.05) is 32.4 Å². The van der Waals surface area contributed by atoms with Crippen LogP contribution in [0, 0.1) is 0 Å². The zero-order valence-corrected chi connectivity index (χ0v) is 14.9. The third-order valence-electron chi connectivity index (χ3n) is 3.87. The van der Waals surface area contributed by atoms with Crippen molar-refractivity contribution < 1.29 is 4.79 Å². The first-order chi connectivity index (χ1) is 9.49. The van der Waals surface area contributed by atoms with Gasteiger partial charge in [-0.25, -0.2) is 4.98 Å². The molecule has 1 aliphatic carbocycles. The van der Waals surface area contributed by atoms with Gasteiger partial charge in [0.15, 0.2) is 0 Å². The molecule has 0 aromatic carbocycles. The lowest BCUT2D eigenvalue weighted by Crippen LogP contribution is -2.54. The van der Waals surface area contributed by atoms with Crippen LogP contribution in [0.3, 0.4) is 0 Å². The van der Waals surface area contributed by atoms with E-state index in [0.717, 1.165) is 18.7 Å². The molecule has 1 aliphatic heterocycles. The number of amides is 1. The molecule has 2 heterocycles. The standard InChI is InChI=1S/C13H16Cl2N4O.2ClH/c14-9-7-10(15)11(17-8-9)18-3-5-19(6-4-18)12(20)13(16)1-2-13;;/h7-8H,1-6,16H2;2*1H. The van der Waals surface area contributed by atoms with Crippen molar-refractivity contribution in [1.82, 2.24) is 9.88 Å². The maximum Gasteiger partial charge on any atom is 0.242 e. The summed E-state index contributed by atoms with van der Waals surface area (Å²) in [5.41, 5.74) is 5.37. The fourth-order valence-corrected chi connectivity index (χ4v) is 2.92. The van der Waals surface area contributed by atoms with Crippen LogP contribution in [0.2, 0.25) is 10.0 Å². The van der Waals surface area contributed by atoms with Crippen LogP contribution in [-0.4, -0.2) is 47.5 Å². The van der Waals surface area contributed by atoms with Gasteiger partial charge in [-0.15, -0.1) is 24.8 Å². The number of carbonyl (C=O) groups is 1. The summed E-state index contributed by atoms with van der Waals surface area (Å²) in [5.74, 6) is 0.796. The molecule has 22 heavy (non-hydrogen) atoms. The minimum Gasteiger partial charge on any atom is -0.352 e. The van der Waals surface area contributed by atoms with Gasteiger partial charge >= 0.3 is 0 Å². The van der Waals surface area contributed by atoms with Crippen molar-refractivity contribution in [1.29, 1.82) is 0 Å². The molecule has 1 saturated heterocycles. The fourth-order valence-electron chi connectivity index (χ4n) is 2.42. The molecule has 1 aromatic heterocycles. The molecule has 2 aliphatic rings. The minimum atomic E-state index is -0.585. The van der Waals surface area contributed by atoms with E-state index in [4.69, 9.17) is 28.9 Å². The number of aromatic nitrogens is 1. The Balaban J connectivity index is 0.00000121. The molecule has 0 atom stereocenters. The first-order valence-corrected chi connectivity index (χ1v) is 7.39. The molecule has 124 valence electrons. The summed E-state index contributed by atoms with van der Waals surface area (Å²) in [6.07, 6.45) is 3.19. The monoisotopic (exact) mass is 386 g/mol. The van der Waals surface area contributed by atoms with Gasteiger partial charge in [0.05, 0.1) is 15.6 Å². The van der Waals surface area contributed by atoms with Crippen molar-refractivity contribution >= 4 is 59.7 Å². The van der Waals surface area contributed by atoms with Crippen LogP contribution in [0.4, 0.5) is 5.82 Å². The number of halogens is 4. The molecule has 0 radical (unpaired) electrons. The van der Waals surface area contributed by atoms with E-state index >= 15 is 0 Å². The van der Waals surface area contributed by atoms with Crippen LogP contribution < -0.4 is 10.6 Å². The van der Waals surface area contributed by atoms with E-state index in [1.807, 2.05) is 4.90 Å². The number of hydrogen-bond donors (Lipinski definition) is 1. The first-order valence-electron chi connectivity index (χ1n) is 6.64. The third kappa shape index (κ3) is 3.89. The lowest BCUT2D eigenvalue weighted by molar-refractivity contribution is -0.133. The van der Waals surface area contributed by atoms with E-state index in [1.54, 1.807) is 12.3 Å². The average molecular weight is 388 g/mol. The molecule has 2 fully saturated rings. The summed E-state index contributed by atoms with van der Waals surface area (Å²) in [7, 11) is 0. The molecule has 5 nitrogen and oxygen atoms in total. The largest absolute Gasteiger partial charge is 0.352 e. The van der Waals surface area contributed by atoms with E-state index in [9.17, 15) is 4.79 Å². The van der Waals surface area contributed by atoms with E-state index in [0.29, 0.717) is 36.2 Å². The van der Waals surface area contributed by atoms with E-state index in [2.05, 4.69) is 9.88 Å². The number of anilines is 1. The van der Waals surface area contributed by atoms with Crippen molar-refractivity contribution in [3.05, 3.63) is 22.3 Å². The number of pyridine rings is 1. The Labute approximate surface area is 151 Å². The highest BCUT2D eigenvalue weighted by Crippen LogP contribution is 2.34. The average Bonchev–Trinajstić information content (AvgIpc) is 3.18. The molecule has 0 unspecified atom stereocenters. The summed E-state index contributed by atoms with van der Waals surface area (Å²) >= 11 is 12.0. The fraction of sp³-hybridized carbons (Fsp3) is 0.538. The summed E-state index contributed by atoms with van der Waals surface area (Å²) in [6.45, 7) is 2.71. The zero-order valence-electron chi connectivity index (χ0n) is 11.8. The van der Waals surface area contributed by atoms with Gasteiger partial charge in [-0.2, -0.15) is 0 Å². The van der Waals surface area contributed by atoms with Crippen LogP contribution in [0.15, 0.2) is 12.3 Å². The second kappa shape index (κ2) is 7.41. The van der Waals surface area contributed by atoms with Gasteiger partial charge in [0.25, 0.3) is 0 Å². The lowest BCUT2D eigenvalue weighted by Gasteiger charge is -2.36. The Hall–Kier alpha value is -0.460. The number of rotatable bonds is 2. The molecule has 1 saturated carbocycles. The molecule has 0 spiro atoms. The van der Waals surface area contributed by atoms with Crippen LogP contribution in [0.1, 0.15) is 12.8 Å². The smallest absolute Gasteiger partial charge is 0.242 e. The van der Waals surface area contributed by atoms with Gasteiger partial charge < -0.3 is 15.5 Å². The van der Waals surface area contributed by atoms with Gasteiger partial charge in [0.2, 0.25) is 5.91 Å². The molecule has 9 heteroatoms. The van der Waals surface area contributed by atoms with Crippen LogP contribution in [0.25, 0.3) is 0 Å². The highest BCUT2D eigenvalue weighted by molar-refractivity contribution is 6.36. The zero-order chi connectivity index (χ0) is 14.3. The van der Waals surface area contributed by atoms with Crippen molar-refractivity contribution in [2.45, 2.75) is 18.4 Å². The Bertz CT molecular complexity index is 545. The maximum absolute atomic E-state index is 12.2. The molecule has 1 amide bonds.